The molecule has 6 heavy (non-hydrogen) atoms. The van der Waals surface area contributed by atoms with Gasteiger partial charge in [0.2, 0.25) is 0 Å². The van der Waals surface area contributed by atoms with Crippen LogP contribution in [0.4, 0.5) is 0 Å². The third-order valence-corrected chi connectivity index (χ3v) is 0.668. The Morgan fingerprint density at radius 3 is 3.00 bits per heavy atom. The number of hydrogen-bond donors (Lipinski definition) is 1. The molecule has 0 atom stereocenters. The fourth-order valence-corrected chi connectivity index (χ4v) is 0.0645. The molecule has 0 aliphatic carbocycles. The lowest BCUT2D eigenvalue weighted by atomic mass is 10.3. The summed E-state index contributed by atoms with van der Waals surface area (Å²) in [7, 11) is 0. The van der Waals surface area contributed by atoms with Gasteiger partial charge in [0.05, 0.1) is 5.71 Å². The van der Waals surface area contributed by atoms with Crippen LogP contribution < -0.4 is 0 Å². The van der Waals surface area contributed by atoms with Crippen molar-refractivity contribution in [2.45, 2.75) is 20.3 Å². The Morgan fingerprint density at radius 1 is 2.17 bits per heavy atom. The van der Waals surface area contributed by atoms with Crippen LogP contribution >= 0.6 is 0 Å². The van der Waals surface area contributed by atoms with Crippen molar-refractivity contribution >= 4 is 5.71 Å². The van der Waals surface area contributed by atoms with Crippen LogP contribution in [0.5, 0.6) is 0 Å². The standard InChI is InChI=1S/C4H9NO/c1-3-4(2)5-6/h6H,3H2,1-2H3/b5-4+/i/hD. The summed E-state index contributed by atoms with van der Waals surface area (Å²) in [4.78, 5) is 0. The molecule has 0 heterocycles. The summed E-state index contributed by atoms with van der Waals surface area (Å²) >= 11 is 0. The van der Waals surface area contributed by atoms with E-state index in [0.29, 0.717) is 0 Å². The Bertz CT molecular complexity index is 72.1. The Kier molecular flexibility index (Phi) is 1.64. The van der Waals surface area contributed by atoms with Gasteiger partial charge in [-0.1, -0.05) is 12.1 Å². The monoisotopic (exact) mass is 88.1 g/mol. The molecule has 0 aromatic carbocycles. The van der Waals surface area contributed by atoms with Gasteiger partial charge < -0.3 is 5.21 Å². The van der Waals surface area contributed by atoms with Gasteiger partial charge in [0.1, 0.15) is 0 Å². The summed E-state index contributed by atoms with van der Waals surface area (Å²) in [5.74, 6) is 0. The number of rotatable bonds is 2. The van der Waals surface area contributed by atoms with Crippen molar-refractivity contribution in [1.82, 2.24) is 0 Å². The van der Waals surface area contributed by atoms with Crippen molar-refractivity contribution in [3.63, 3.8) is 0 Å². The van der Waals surface area contributed by atoms with Gasteiger partial charge in [-0.3, -0.25) is 0 Å². The Balaban J connectivity index is 3.29. The molecule has 0 saturated carbocycles. The molecule has 0 spiro atoms. The highest BCUT2D eigenvalue weighted by atomic mass is 16.4. The van der Waals surface area contributed by atoms with Crippen LogP contribution in [0.3, 0.4) is 0 Å². The molecule has 0 aliphatic rings. The second-order valence-corrected chi connectivity index (χ2v) is 1.18. The van der Waals surface area contributed by atoms with E-state index in [1.54, 1.807) is 0 Å². The van der Waals surface area contributed by atoms with Crippen LogP contribution in [-0.2, 0) is 0 Å². The van der Waals surface area contributed by atoms with E-state index in [-0.39, 0.29) is 0 Å². The predicted molar refractivity (Wildman–Crippen MR) is 25.2 cm³/mol. The topological polar surface area (TPSA) is 32.6 Å². The smallest absolute Gasteiger partial charge is 0.330 e. The van der Waals surface area contributed by atoms with E-state index in [9.17, 15) is 0 Å². The third-order valence-electron chi connectivity index (χ3n) is 0.668. The zero-order chi connectivity index (χ0) is 5.70. The SMILES string of the molecule is [2H]O/N=C(\C)CC. The van der Waals surface area contributed by atoms with E-state index in [1.807, 2.05) is 13.8 Å². The van der Waals surface area contributed by atoms with Crippen molar-refractivity contribution < 1.29 is 6.64 Å². The lowest BCUT2D eigenvalue weighted by Crippen LogP contribution is -1.83. The molecular formula is C4H9NO. The van der Waals surface area contributed by atoms with Gasteiger partial charge in [-0.05, 0) is 13.3 Å². The first kappa shape index (κ1) is 3.65. The highest BCUT2D eigenvalue weighted by molar-refractivity contribution is 5.80. The van der Waals surface area contributed by atoms with Crippen LogP contribution in [0.15, 0.2) is 5.16 Å². The van der Waals surface area contributed by atoms with Crippen LogP contribution in [0, 0.1) is 0 Å². The zero-order valence-electron chi connectivity index (χ0n) is 5.06. The molecule has 36 valence electrons. The lowest BCUT2D eigenvalue weighted by Gasteiger charge is -1.81. The molecule has 2 heteroatoms. The van der Waals surface area contributed by atoms with Crippen LogP contribution in [0.2, 0.25) is 1.43 Å². The maximum absolute atomic E-state index is 6.15. The Labute approximate surface area is 39.0 Å². The first-order chi connectivity index (χ1) is 3.31. The number of nitrogens with zero attached hydrogens (tertiary/aromatic N) is 1. The molecular weight excluding hydrogens is 78.0 g/mol. The average molecular weight is 88.1 g/mol. The Morgan fingerprint density at radius 2 is 2.83 bits per heavy atom. The van der Waals surface area contributed by atoms with Gasteiger partial charge >= 0.3 is 1.43 Å². The van der Waals surface area contributed by atoms with Crippen molar-refractivity contribution in [1.29, 1.82) is 0 Å². The highest BCUT2D eigenvalue weighted by Gasteiger charge is 1.77. The average Bonchev–Trinajstić information content (AvgIpc) is 1.68. The van der Waals surface area contributed by atoms with Crippen LogP contribution in [0.25, 0.3) is 0 Å². The first-order valence-electron chi connectivity index (χ1n) is 2.38. The van der Waals surface area contributed by atoms with Crippen molar-refractivity contribution in [2.24, 2.45) is 5.16 Å². The van der Waals surface area contributed by atoms with E-state index < -0.39 is 0 Å². The van der Waals surface area contributed by atoms with Gasteiger partial charge in [-0.25, -0.2) is 0 Å². The maximum atomic E-state index is 6.15. The van der Waals surface area contributed by atoms with Gasteiger partial charge in [-0.2, -0.15) is 0 Å². The van der Waals surface area contributed by atoms with Crippen molar-refractivity contribution in [2.75, 3.05) is 0 Å². The molecule has 0 fully saturated rings. The molecule has 0 unspecified atom stereocenters. The van der Waals surface area contributed by atoms with Gasteiger partial charge in [0.15, 0.2) is 0 Å². The molecule has 0 rings (SSSR count). The highest BCUT2D eigenvalue weighted by Crippen LogP contribution is 1.78. The van der Waals surface area contributed by atoms with Crippen molar-refractivity contribution in [3.8, 4) is 0 Å². The summed E-state index contributed by atoms with van der Waals surface area (Å²) in [6, 6.07) is 0. The fourth-order valence-electron chi connectivity index (χ4n) is 0.0645. The number of oxime groups is 1. The van der Waals surface area contributed by atoms with Crippen LogP contribution in [0.1, 0.15) is 20.3 Å². The van der Waals surface area contributed by atoms with Crippen molar-refractivity contribution in [3.05, 3.63) is 0 Å². The summed E-state index contributed by atoms with van der Waals surface area (Å²) in [6.45, 7) is 3.77. The summed E-state index contributed by atoms with van der Waals surface area (Å²) in [6.07, 6.45) is 0.846. The van der Waals surface area contributed by atoms with E-state index in [0.717, 1.165) is 12.1 Å². The summed E-state index contributed by atoms with van der Waals surface area (Å²) < 4.78 is 6.15. The van der Waals surface area contributed by atoms with E-state index in [4.69, 9.17) is 1.43 Å². The summed E-state index contributed by atoms with van der Waals surface area (Å²) in [5.41, 5.74) is 0.843. The maximum Gasteiger partial charge on any atom is 0.330 e. The summed E-state index contributed by atoms with van der Waals surface area (Å²) in [5, 5.41) is 7.06. The fraction of sp³-hybridized carbons (Fsp3) is 0.750. The van der Waals surface area contributed by atoms with E-state index >= 15 is 0 Å². The third kappa shape index (κ3) is 1.76. The predicted octanol–water partition coefficient (Wildman–Crippen LogP) is 1.25. The van der Waals surface area contributed by atoms with Crippen LogP contribution in [-0.4, -0.2) is 10.9 Å². The van der Waals surface area contributed by atoms with E-state index in [2.05, 4.69) is 10.4 Å². The quantitative estimate of drug-likeness (QED) is 0.307. The molecule has 1 N–H and O–H groups in total. The van der Waals surface area contributed by atoms with E-state index in [1.165, 1.54) is 0 Å². The minimum Gasteiger partial charge on any atom is -0.411 e. The minimum atomic E-state index is 0.843. The molecule has 0 saturated heterocycles. The molecule has 0 radical (unpaired) electrons. The number of hydrogen-bond acceptors (Lipinski definition) is 2. The second kappa shape index (κ2) is 2.69. The largest absolute Gasteiger partial charge is 0.411 e. The molecule has 0 aromatic heterocycles. The molecule has 0 amide bonds. The van der Waals surface area contributed by atoms with Gasteiger partial charge in [-0.15, -0.1) is 0 Å². The normalized spacial score (nSPS) is 13.7. The first-order valence-corrected chi connectivity index (χ1v) is 1.97. The Hall–Kier alpha value is -0.530. The molecule has 2 nitrogen and oxygen atoms in total. The lowest BCUT2D eigenvalue weighted by molar-refractivity contribution is 0.317. The van der Waals surface area contributed by atoms with Gasteiger partial charge in [0.25, 0.3) is 0 Å². The second-order valence-electron chi connectivity index (χ2n) is 1.18. The molecule has 0 aliphatic heterocycles. The minimum absolute atomic E-state index is 0.843. The zero-order valence-corrected chi connectivity index (χ0v) is 4.06. The molecule has 0 bridgehead atoms. The van der Waals surface area contributed by atoms with Gasteiger partial charge in [0, 0.05) is 0 Å². The molecule has 0 aromatic rings.